The number of carbonyl (C=O) groups is 1. The maximum Gasteiger partial charge on any atom is 0.263 e. The summed E-state index contributed by atoms with van der Waals surface area (Å²) < 4.78 is 26.8. The molecule has 1 saturated carbocycles. The third kappa shape index (κ3) is 5.20. The molecule has 5 nitrogen and oxygen atoms in total. The summed E-state index contributed by atoms with van der Waals surface area (Å²) in [5.41, 5.74) is 1.80. The van der Waals surface area contributed by atoms with E-state index in [4.69, 9.17) is 4.99 Å². The van der Waals surface area contributed by atoms with Crippen molar-refractivity contribution in [2.24, 2.45) is 4.99 Å². The Kier molecular flexibility index (Phi) is 6.47. The Morgan fingerprint density at radius 1 is 0.871 bits per heavy atom. The van der Waals surface area contributed by atoms with Gasteiger partial charge in [-0.1, -0.05) is 55.7 Å². The molecule has 1 fully saturated rings. The van der Waals surface area contributed by atoms with Gasteiger partial charge in [0, 0.05) is 11.8 Å². The van der Waals surface area contributed by atoms with Gasteiger partial charge in [-0.2, -0.15) is 0 Å². The van der Waals surface area contributed by atoms with Gasteiger partial charge in [0.1, 0.15) is 5.49 Å². The van der Waals surface area contributed by atoms with Gasteiger partial charge in [0.25, 0.3) is 5.91 Å². The maximum absolute atomic E-state index is 13.1. The predicted octanol–water partition coefficient (Wildman–Crippen LogP) is 4.38. The number of hydrogen-bond acceptors (Lipinski definition) is 4. The maximum atomic E-state index is 13.1. The normalized spacial score (nSPS) is 15.7. The van der Waals surface area contributed by atoms with Crippen molar-refractivity contribution < 1.29 is 13.2 Å². The van der Waals surface area contributed by atoms with Crippen molar-refractivity contribution in [2.75, 3.05) is 0 Å². The third-order valence-electron chi connectivity index (χ3n) is 5.61. The van der Waals surface area contributed by atoms with Crippen LogP contribution >= 0.6 is 0 Å². The van der Waals surface area contributed by atoms with Gasteiger partial charge in [-0.15, -0.1) is 0 Å². The zero-order valence-electron chi connectivity index (χ0n) is 17.4. The van der Waals surface area contributed by atoms with Crippen molar-refractivity contribution in [2.45, 2.75) is 48.8 Å². The molecule has 0 unspecified atom stereocenters. The average Bonchev–Trinajstić information content (AvgIpc) is 2.81. The molecular formula is C25H26N2O3S. The van der Waals surface area contributed by atoms with E-state index in [0.29, 0.717) is 21.5 Å². The molecule has 4 rings (SSSR count). The van der Waals surface area contributed by atoms with Gasteiger partial charge in [0.15, 0.2) is 9.84 Å². The number of hydrogen-bond donors (Lipinski definition) is 0. The lowest BCUT2D eigenvalue weighted by molar-refractivity contribution is 0.0954. The number of sulfone groups is 1. The van der Waals surface area contributed by atoms with Crippen molar-refractivity contribution in [3.63, 3.8) is 0 Å². The van der Waals surface area contributed by atoms with Crippen LogP contribution in [-0.2, 0) is 15.6 Å². The quantitative estimate of drug-likeness (QED) is 0.598. The molecule has 6 heteroatoms. The number of nitrogens with zero attached hydrogens (tertiary/aromatic N) is 2. The second-order valence-electron chi connectivity index (χ2n) is 7.92. The second-order valence-corrected chi connectivity index (χ2v) is 9.91. The van der Waals surface area contributed by atoms with Gasteiger partial charge in [-0.3, -0.25) is 14.4 Å². The molecule has 1 aliphatic carbocycles. The highest BCUT2D eigenvalue weighted by atomic mass is 32.2. The van der Waals surface area contributed by atoms with Crippen LogP contribution in [0.1, 0.15) is 48.0 Å². The molecule has 0 aliphatic heterocycles. The van der Waals surface area contributed by atoms with E-state index < -0.39 is 9.84 Å². The molecule has 160 valence electrons. The van der Waals surface area contributed by atoms with E-state index >= 15 is 0 Å². The first-order chi connectivity index (χ1) is 15.0. The molecular weight excluding hydrogens is 408 g/mol. The highest BCUT2D eigenvalue weighted by Crippen LogP contribution is 2.20. The zero-order chi connectivity index (χ0) is 21.7. The molecule has 1 aliphatic rings. The van der Waals surface area contributed by atoms with Crippen LogP contribution in [0.25, 0.3) is 0 Å². The predicted molar refractivity (Wildman–Crippen MR) is 120 cm³/mol. The standard InChI is InChI=1S/C25H26N2O3S/c28-25(27-18-8-7-13-24(27)26-22-9-3-1-4-10-22)21-16-14-20(15-17-21)19-31(29,30)23-11-5-2-6-12-23/h2,5-8,11-18,22H,1,3-4,9-10,19H2. The molecule has 2 aromatic carbocycles. The van der Waals surface area contributed by atoms with Crippen LogP contribution in [-0.4, -0.2) is 24.9 Å². The van der Waals surface area contributed by atoms with Gasteiger partial charge in [-0.25, -0.2) is 8.42 Å². The first-order valence-corrected chi connectivity index (χ1v) is 12.3. The third-order valence-corrected chi connectivity index (χ3v) is 7.31. The van der Waals surface area contributed by atoms with Gasteiger partial charge >= 0.3 is 0 Å². The summed E-state index contributed by atoms with van der Waals surface area (Å²) in [5, 5.41) is 0. The number of rotatable bonds is 5. The molecule has 1 aromatic heterocycles. The molecule has 0 atom stereocenters. The first kappa shape index (κ1) is 21.2. The second kappa shape index (κ2) is 9.43. The van der Waals surface area contributed by atoms with E-state index in [2.05, 4.69) is 0 Å². The molecule has 0 amide bonds. The molecule has 31 heavy (non-hydrogen) atoms. The Morgan fingerprint density at radius 2 is 1.55 bits per heavy atom. The molecule has 0 saturated heterocycles. The zero-order valence-corrected chi connectivity index (χ0v) is 18.2. The van der Waals surface area contributed by atoms with Crippen LogP contribution in [0.15, 0.2) is 88.9 Å². The lowest BCUT2D eigenvalue weighted by Gasteiger charge is -2.17. The largest absolute Gasteiger partial charge is 0.268 e. The molecule has 0 bridgehead atoms. The van der Waals surface area contributed by atoms with E-state index in [-0.39, 0.29) is 17.7 Å². The van der Waals surface area contributed by atoms with Crippen LogP contribution in [0.5, 0.6) is 0 Å². The van der Waals surface area contributed by atoms with Crippen molar-refractivity contribution in [3.05, 3.63) is 95.6 Å². The van der Waals surface area contributed by atoms with E-state index in [1.165, 1.54) is 19.3 Å². The van der Waals surface area contributed by atoms with E-state index in [1.54, 1.807) is 65.4 Å². The summed E-state index contributed by atoms with van der Waals surface area (Å²) in [7, 11) is -3.43. The Bertz CT molecular complexity index is 1210. The summed E-state index contributed by atoms with van der Waals surface area (Å²) in [6, 6.07) is 21.0. The van der Waals surface area contributed by atoms with Gasteiger partial charge in [0.05, 0.1) is 16.7 Å². The fraction of sp³-hybridized carbons (Fsp3) is 0.280. The summed E-state index contributed by atoms with van der Waals surface area (Å²) in [5.74, 6) is -0.278. The van der Waals surface area contributed by atoms with E-state index in [0.717, 1.165) is 12.8 Å². The van der Waals surface area contributed by atoms with E-state index in [1.807, 2.05) is 18.2 Å². The van der Waals surface area contributed by atoms with E-state index in [9.17, 15) is 13.2 Å². The molecule has 0 spiro atoms. The lowest BCUT2D eigenvalue weighted by Crippen LogP contribution is -2.29. The van der Waals surface area contributed by atoms with Crippen molar-refractivity contribution in [1.29, 1.82) is 0 Å². The fourth-order valence-corrected chi connectivity index (χ4v) is 5.29. The number of pyridine rings is 1. The van der Waals surface area contributed by atoms with Crippen LogP contribution < -0.4 is 5.49 Å². The number of carbonyl (C=O) groups excluding carboxylic acids is 1. The topological polar surface area (TPSA) is 68.5 Å². The van der Waals surface area contributed by atoms with Crippen LogP contribution in [0.2, 0.25) is 0 Å². The molecule has 3 aromatic rings. The lowest BCUT2D eigenvalue weighted by atomic mass is 9.96. The number of benzene rings is 2. The Balaban J connectivity index is 1.55. The molecule has 0 N–H and O–H groups in total. The average molecular weight is 435 g/mol. The smallest absolute Gasteiger partial charge is 0.263 e. The van der Waals surface area contributed by atoms with Crippen molar-refractivity contribution in [1.82, 2.24) is 4.57 Å². The number of aromatic nitrogens is 1. The van der Waals surface area contributed by atoms with Crippen LogP contribution in [0.3, 0.4) is 0 Å². The summed E-state index contributed by atoms with van der Waals surface area (Å²) in [6.07, 6.45) is 7.48. The van der Waals surface area contributed by atoms with Gasteiger partial charge in [-0.05, 0) is 54.8 Å². The minimum absolute atomic E-state index is 0.105. The Morgan fingerprint density at radius 3 is 2.26 bits per heavy atom. The minimum Gasteiger partial charge on any atom is -0.268 e. The van der Waals surface area contributed by atoms with Gasteiger partial charge < -0.3 is 0 Å². The highest BCUT2D eigenvalue weighted by Gasteiger charge is 2.16. The summed E-state index contributed by atoms with van der Waals surface area (Å²) >= 11 is 0. The monoisotopic (exact) mass is 434 g/mol. The highest BCUT2D eigenvalue weighted by molar-refractivity contribution is 7.90. The Hall–Kier alpha value is -2.99. The minimum atomic E-state index is -3.43. The van der Waals surface area contributed by atoms with Crippen molar-refractivity contribution in [3.8, 4) is 0 Å². The van der Waals surface area contributed by atoms with Crippen LogP contribution in [0, 0.1) is 0 Å². The Labute approximate surface area is 183 Å². The summed E-state index contributed by atoms with van der Waals surface area (Å²) in [6.45, 7) is 0. The first-order valence-electron chi connectivity index (χ1n) is 10.7. The molecule has 0 radical (unpaired) electrons. The molecule has 1 heterocycles. The SMILES string of the molecule is O=C(c1ccc(CS(=O)(=O)c2ccccc2)cc1)n1ccccc1=NC1CCCCC1. The van der Waals surface area contributed by atoms with Crippen LogP contribution in [0.4, 0.5) is 0 Å². The summed E-state index contributed by atoms with van der Waals surface area (Å²) in [4.78, 5) is 18.2. The van der Waals surface area contributed by atoms with Gasteiger partial charge in [0.2, 0.25) is 0 Å². The van der Waals surface area contributed by atoms with Crippen molar-refractivity contribution >= 4 is 15.7 Å². The fourth-order valence-electron chi connectivity index (χ4n) is 3.92.